The molecular weight excluding hydrogens is 548 g/mol. The van der Waals surface area contributed by atoms with Crippen LogP contribution in [0.3, 0.4) is 0 Å². The molecule has 0 aromatic rings. The maximum atomic E-state index is 12.8. The molecule has 0 saturated carbocycles. The average Bonchev–Trinajstić information content (AvgIpc) is 3.14. The number of carbonyl (C=O) groups excluding carboxylic acids is 3. The van der Waals surface area contributed by atoms with E-state index < -0.39 is 92.5 Å². The van der Waals surface area contributed by atoms with Gasteiger partial charge in [0, 0.05) is 19.3 Å². The third-order valence-corrected chi connectivity index (χ3v) is 6.51. The van der Waals surface area contributed by atoms with Crippen molar-refractivity contribution in [2.75, 3.05) is 19.8 Å². The maximum Gasteiger partial charge on any atom is 0.306 e. The van der Waals surface area contributed by atoms with Crippen molar-refractivity contribution in [3.8, 4) is 0 Å². The van der Waals surface area contributed by atoms with Gasteiger partial charge in [-0.15, -0.1) is 0 Å². The predicted molar refractivity (Wildman–Crippen MR) is 139 cm³/mol. The van der Waals surface area contributed by atoms with Gasteiger partial charge >= 0.3 is 17.9 Å². The van der Waals surface area contributed by atoms with Crippen LogP contribution in [0.1, 0.15) is 60.8 Å². The van der Waals surface area contributed by atoms with Gasteiger partial charge in [0.2, 0.25) is 5.79 Å². The predicted octanol–water partition coefficient (Wildman–Crippen LogP) is -0.605. The number of aliphatic hydroxyl groups excluding tert-OH is 5. The molecule has 0 amide bonds. The molecular formula is C27H46O14. The van der Waals surface area contributed by atoms with E-state index in [0.29, 0.717) is 0 Å². The Morgan fingerprint density at radius 1 is 0.707 bits per heavy atom. The third kappa shape index (κ3) is 9.29. The molecule has 5 N–H and O–H groups in total. The second kappa shape index (κ2) is 15.5. The number of carbonyl (C=O) groups is 3. The topological polar surface area (TPSA) is 208 Å². The van der Waals surface area contributed by atoms with E-state index in [0.717, 1.165) is 0 Å². The van der Waals surface area contributed by atoms with Gasteiger partial charge in [0.1, 0.15) is 31.0 Å². The van der Waals surface area contributed by atoms with Crippen molar-refractivity contribution in [3.05, 3.63) is 0 Å². The van der Waals surface area contributed by atoms with Crippen molar-refractivity contribution in [3.63, 3.8) is 0 Å². The minimum atomic E-state index is -2.34. The monoisotopic (exact) mass is 594 g/mol. The molecule has 14 nitrogen and oxygen atoms in total. The van der Waals surface area contributed by atoms with E-state index in [9.17, 15) is 39.9 Å². The second-order valence-corrected chi connectivity index (χ2v) is 11.7. The van der Waals surface area contributed by atoms with Crippen LogP contribution >= 0.6 is 0 Å². The molecule has 2 aliphatic heterocycles. The van der Waals surface area contributed by atoms with Crippen molar-refractivity contribution in [2.45, 2.75) is 116 Å². The summed E-state index contributed by atoms with van der Waals surface area (Å²) in [6, 6.07) is 0. The van der Waals surface area contributed by atoms with Gasteiger partial charge in [0.25, 0.3) is 0 Å². The van der Waals surface area contributed by atoms with E-state index in [1.54, 1.807) is 41.5 Å². The number of aliphatic hydroxyl groups is 5. The zero-order valence-electron chi connectivity index (χ0n) is 24.5. The third-order valence-electron chi connectivity index (χ3n) is 6.51. The number of ether oxygens (including phenoxy) is 6. The molecule has 0 aromatic heterocycles. The first-order chi connectivity index (χ1) is 19.2. The van der Waals surface area contributed by atoms with Gasteiger partial charge in [0.15, 0.2) is 24.6 Å². The van der Waals surface area contributed by atoms with Crippen LogP contribution in [0.25, 0.3) is 0 Å². The lowest BCUT2D eigenvalue weighted by atomic mass is 9.98. The standard InChI is InChI=1S/C27H46O14/c1-13(2)7-18(31)37-23-17(11-29)40-27(12-30,25(23)39-20(33)9-15(5)6)41-26-22(35)24(21(34)16(10-28)36-26)38-19(32)8-14(3)4/h13-17,21-26,28-30,34-35H,7-12H2,1-6H3/t16-,17+,21-,22-,23+,24+,25+,26-,27-/m1/s1. The molecule has 2 aliphatic rings. The van der Waals surface area contributed by atoms with Gasteiger partial charge in [-0.1, -0.05) is 41.5 Å². The summed E-state index contributed by atoms with van der Waals surface area (Å²) in [5.74, 6) is -4.79. The summed E-state index contributed by atoms with van der Waals surface area (Å²) in [5, 5.41) is 52.0. The maximum absolute atomic E-state index is 12.8. The fraction of sp³-hybridized carbons (Fsp3) is 0.889. The SMILES string of the molecule is CC(C)CC(=O)O[C@@H]1[C@@H](O)[C@@H](O[C@@]2(CO)O[C@@H](CO)[C@H](OC(=O)CC(C)C)[C@@H]2OC(=O)CC(C)C)O[C@H](CO)[C@H]1O. The molecule has 2 heterocycles. The Balaban J connectivity index is 2.44. The van der Waals surface area contributed by atoms with Crippen LogP contribution in [0.4, 0.5) is 0 Å². The van der Waals surface area contributed by atoms with Gasteiger partial charge in [-0.2, -0.15) is 0 Å². The van der Waals surface area contributed by atoms with Crippen molar-refractivity contribution >= 4 is 17.9 Å². The minimum Gasteiger partial charge on any atom is -0.456 e. The van der Waals surface area contributed by atoms with Crippen LogP contribution in [0.5, 0.6) is 0 Å². The highest BCUT2D eigenvalue weighted by Gasteiger charge is 2.63. The van der Waals surface area contributed by atoms with Crippen molar-refractivity contribution in [1.82, 2.24) is 0 Å². The Kier molecular flexibility index (Phi) is 13.4. The van der Waals surface area contributed by atoms with Gasteiger partial charge in [-0.25, -0.2) is 0 Å². The van der Waals surface area contributed by atoms with Crippen LogP contribution in [0.15, 0.2) is 0 Å². The van der Waals surface area contributed by atoms with E-state index in [1.165, 1.54) is 0 Å². The molecule has 0 unspecified atom stereocenters. The Morgan fingerprint density at radius 3 is 1.61 bits per heavy atom. The minimum absolute atomic E-state index is 0.00175. The summed E-state index contributed by atoms with van der Waals surface area (Å²) in [6.45, 7) is 8.13. The zero-order chi connectivity index (χ0) is 31.1. The summed E-state index contributed by atoms with van der Waals surface area (Å²) in [6.07, 6.45) is -12.8. The number of hydrogen-bond donors (Lipinski definition) is 5. The molecule has 9 atom stereocenters. The highest BCUT2D eigenvalue weighted by Crippen LogP contribution is 2.40. The number of esters is 3. The van der Waals surface area contributed by atoms with Crippen LogP contribution in [0.2, 0.25) is 0 Å². The summed E-state index contributed by atoms with van der Waals surface area (Å²) < 4.78 is 33.7. The first-order valence-electron chi connectivity index (χ1n) is 14.0. The fourth-order valence-corrected chi connectivity index (χ4v) is 4.61. The van der Waals surface area contributed by atoms with Crippen molar-refractivity contribution in [2.24, 2.45) is 17.8 Å². The summed E-state index contributed by atoms with van der Waals surface area (Å²) in [5.41, 5.74) is 0. The molecule has 0 radical (unpaired) electrons. The molecule has 41 heavy (non-hydrogen) atoms. The summed E-state index contributed by atoms with van der Waals surface area (Å²) >= 11 is 0. The van der Waals surface area contributed by atoms with Crippen molar-refractivity contribution < 1.29 is 68.3 Å². The van der Waals surface area contributed by atoms with Crippen LogP contribution in [0, 0.1) is 17.8 Å². The second-order valence-electron chi connectivity index (χ2n) is 11.7. The van der Waals surface area contributed by atoms with E-state index in [1.807, 2.05) is 0 Å². The van der Waals surface area contributed by atoms with Crippen molar-refractivity contribution in [1.29, 1.82) is 0 Å². The Bertz CT molecular complexity index is 863. The lowest BCUT2D eigenvalue weighted by Gasteiger charge is -2.44. The summed E-state index contributed by atoms with van der Waals surface area (Å²) in [7, 11) is 0. The van der Waals surface area contributed by atoms with Crippen LogP contribution in [-0.4, -0.2) is 118 Å². The smallest absolute Gasteiger partial charge is 0.306 e. The number of rotatable bonds is 14. The first kappa shape index (κ1) is 35.3. The highest BCUT2D eigenvalue weighted by atomic mass is 16.8. The molecule has 2 fully saturated rings. The normalized spacial score (nSPS) is 33.8. The first-order valence-corrected chi connectivity index (χ1v) is 14.0. The lowest BCUT2D eigenvalue weighted by Crippen LogP contribution is -2.64. The molecule has 2 rings (SSSR count). The molecule has 0 spiro atoms. The van der Waals surface area contributed by atoms with Gasteiger partial charge in [-0.05, 0) is 17.8 Å². The van der Waals surface area contributed by atoms with E-state index in [2.05, 4.69) is 0 Å². The fourth-order valence-electron chi connectivity index (χ4n) is 4.61. The largest absolute Gasteiger partial charge is 0.456 e. The van der Waals surface area contributed by atoms with E-state index >= 15 is 0 Å². The molecule has 0 aliphatic carbocycles. The number of hydrogen-bond acceptors (Lipinski definition) is 14. The van der Waals surface area contributed by atoms with E-state index in [-0.39, 0.29) is 37.0 Å². The van der Waals surface area contributed by atoms with Crippen LogP contribution in [-0.2, 0) is 42.8 Å². The zero-order valence-corrected chi connectivity index (χ0v) is 24.5. The summed E-state index contributed by atoms with van der Waals surface area (Å²) in [4.78, 5) is 37.7. The average molecular weight is 595 g/mol. The van der Waals surface area contributed by atoms with Gasteiger partial charge in [-0.3, -0.25) is 14.4 Å². The van der Waals surface area contributed by atoms with Gasteiger partial charge in [0.05, 0.1) is 13.2 Å². The molecule has 2 saturated heterocycles. The van der Waals surface area contributed by atoms with Gasteiger partial charge < -0.3 is 54.0 Å². The lowest BCUT2D eigenvalue weighted by molar-refractivity contribution is -0.384. The highest BCUT2D eigenvalue weighted by molar-refractivity contribution is 5.71. The molecule has 0 bridgehead atoms. The van der Waals surface area contributed by atoms with Crippen LogP contribution < -0.4 is 0 Å². The molecule has 238 valence electrons. The Morgan fingerprint density at radius 2 is 1.17 bits per heavy atom. The Labute approximate surface area is 239 Å². The molecule has 14 heteroatoms. The Hall–Kier alpha value is -1.91. The van der Waals surface area contributed by atoms with E-state index in [4.69, 9.17) is 28.4 Å². The quantitative estimate of drug-likeness (QED) is 0.126. The molecule has 0 aromatic carbocycles.